The van der Waals surface area contributed by atoms with Gasteiger partial charge >= 0.3 is 0 Å². The van der Waals surface area contributed by atoms with Crippen LogP contribution in [-0.4, -0.2) is 6.61 Å². The molecule has 1 fully saturated rings. The molecule has 1 heteroatoms. The first-order valence-electron chi connectivity index (χ1n) is 6.87. The Kier molecular flexibility index (Phi) is 4.09. The number of rotatable bonds is 4. The molecular formula is C16H24O. The highest BCUT2D eigenvalue weighted by Crippen LogP contribution is 2.38. The molecule has 1 nitrogen and oxygen atoms in total. The largest absolute Gasteiger partial charge is 0.494 e. The summed E-state index contributed by atoms with van der Waals surface area (Å²) in [7, 11) is 0. The fourth-order valence-corrected chi connectivity index (χ4v) is 2.71. The Morgan fingerprint density at radius 1 is 1.06 bits per heavy atom. The van der Waals surface area contributed by atoms with Gasteiger partial charge in [0.15, 0.2) is 0 Å². The van der Waals surface area contributed by atoms with Gasteiger partial charge in [-0.2, -0.15) is 0 Å². The molecule has 1 aliphatic carbocycles. The molecule has 1 aromatic rings. The van der Waals surface area contributed by atoms with E-state index in [1.54, 1.807) is 0 Å². The lowest BCUT2D eigenvalue weighted by molar-refractivity contribution is 0.157. The van der Waals surface area contributed by atoms with Crippen LogP contribution in [0, 0.1) is 12.3 Å². The Bertz CT molecular complexity index is 333. The maximum absolute atomic E-state index is 5.83. The molecule has 0 radical (unpaired) electrons. The molecule has 1 aliphatic rings. The Labute approximate surface area is 105 Å². The van der Waals surface area contributed by atoms with E-state index in [1.165, 1.54) is 44.1 Å². The summed E-state index contributed by atoms with van der Waals surface area (Å²) >= 11 is 0. The standard InChI is InChI=1S/C16H24O/c1-14-6-8-15(9-7-14)17-13-12-16(2)10-4-3-5-11-16/h6-9H,3-5,10-13H2,1-2H3. The summed E-state index contributed by atoms with van der Waals surface area (Å²) in [4.78, 5) is 0. The van der Waals surface area contributed by atoms with Gasteiger partial charge in [0.1, 0.15) is 5.75 Å². The van der Waals surface area contributed by atoms with Gasteiger partial charge in [0.2, 0.25) is 0 Å². The second kappa shape index (κ2) is 5.57. The maximum atomic E-state index is 5.83. The third-order valence-corrected chi connectivity index (χ3v) is 4.06. The van der Waals surface area contributed by atoms with E-state index in [4.69, 9.17) is 4.74 Å². The van der Waals surface area contributed by atoms with Crippen molar-refractivity contribution < 1.29 is 4.74 Å². The molecule has 0 bridgehead atoms. The highest BCUT2D eigenvalue weighted by Gasteiger charge is 2.26. The lowest BCUT2D eigenvalue weighted by Gasteiger charge is -2.33. The van der Waals surface area contributed by atoms with Crippen LogP contribution in [0.15, 0.2) is 24.3 Å². The first-order valence-corrected chi connectivity index (χ1v) is 6.87. The average Bonchev–Trinajstić information content (AvgIpc) is 2.32. The Morgan fingerprint density at radius 3 is 2.35 bits per heavy atom. The molecule has 0 amide bonds. The lowest BCUT2D eigenvalue weighted by Crippen LogP contribution is -2.22. The molecule has 1 aromatic carbocycles. The van der Waals surface area contributed by atoms with Crippen molar-refractivity contribution in [3.8, 4) is 5.75 Å². The lowest BCUT2D eigenvalue weighted by atomic mass is 9.74. The van der Waals surface area contributed by atoms with Crippen LogP contribution in [0.2, 0.25) is 0 Å². The van der Waals surface area contributed by atoms with Crippen molar-refractivity contribution in [1.82, 2.24) is 0 Å². The van der Waals surface area contributed by atoms with Crippen LogP contribution >= 0.6 is 0 Å². The van der Waals surface area contributed by atoms with E-state index in [0.29, 0.717) is 5.41 Å². The van der Waals surface area contributed by atoms with Crippen LogP contribution in [0.5, 0.6) is 5.75 Å². The van der Waals surface area contributed by atoms with Crippen LogP contribution in [-0.2, 0) is 0 Å². The molecule has 0 spiro atoms. The fraction of sp³-hybridized carbons (Fsp3) is 0.625. The molecule has 0 aromatic heterocycles. The van der Waals surface area contributed by atoms with Crippen molar-refractivity contribution in [2.45, 2.75) is 52.4 Å². The Balaban J connectivity index is 1.77. The van der Waals surface area contributed by atoms with Gasteiger partial charge in [0, 0.05) is 0 Å². The summed E-state index contributed by atoms with van der Waals surface area (Å²) in [5, 5.41) is 0. The van der Waals surface area contributed by atoms with Crippen LogP contribution in [0.25, 0.3) is 0 Å². The van der Waals surface area contributed by atoms with Crippen molar-refractivity contribution in [3.05, 3.63) is 29.8 Å². The van der Waals surface area contributed by atoms with Crippen molar-refractivity contribution >= 4 is 0 Å². The maximum Gasteiger partial charge on any atom is 0.119 e. The van der Waals surface area contributed by atoms with Crippen molar-refractivity contribution in [2.24, 2.45) is 5.41 Å². The SMILES string of the molecule is Cc1ccc(OCCC2(C)CCCCC2)cc1. The van der Waals surface area contributed by atoms with E-state index in [2.05, 4.69) is 38.1 Å². The summed E-state index contributed by atoms with van der Waals surface area (Å²) in [5.41, 5.74) is 1.82. The van der Waals surface area contributed by atoms with Gasteiger partial charge in [-0.3, -0.25) is 0 Å². The fourth-order valence-electron chi connectivity index (χ4n) is 2.71. The van der Waals surface area contributed by atoms with E-state index >= 15 is 0 Å². The Hall–Kier alpha value is -0.980. The summed E-state index contributed by atoms with van der Waals surface area (Å²) in [6.45, 7) is 5.39. The minimum Gasteiger partial charge on any atom is -0.494 e. The highest BCUT2D eigenvalue weighted by atomic mass is 16.5. The second-order valence-corrected chi connectivity index (χ2v) is 5.78. The van der Waals surface area contributed by atoms with Crippen molar-refractivity contribution in [2.75, 3.05) is 6.61 Å². The van der Waals surface area contributed by atoms with Gasteiger partial charge in [0.25, 0.3) is 0 Å². The number of benzene rings is 1. The molecule has 0 heterocycles. The number of aryl methyl sites for hydroxylation is 1. The van der Waals surface area contributed by atoms with Gasteiger partial charge in [-0.25, -0.2) is 0 Å². The number of ether oxygens (including phenoxy) is 1. The van der Waals surface area contributed by atoms with Crippen molar-refractivity contribution in [3.63, 3.8) is 0 Å². The summed E-state index contributed by atoms with van der Waals surface area (Å²) in [6.07, 6.45) is 8.19. The second-order valence-electron chi connectivity index (χ2n) is 5.78. The third kappa shape index (κ3) is 3.76. The summed E-state index contributed by atoms with van der Waals surface area (Å²) in [6, 6.07) is 8.35. The predicted octanol–water partition coefficient (Wildman–Crippen LogP) is 4.73. The van der Waals surface area contributed by atoms with Crippen LogP contribution < -0.4 is 4.74 Å². The quantitative estimate of drug-likeness (QED) is 0.729. The van der Waals surface area contributed by atoms with Gasteiger partial charge in [-0.05, 0) is 43.7 Å². The summed E-state index contributed by atoms with van der Waals surface area (Å²) in [5.74, 6) is 1.01. The average molecular weight is 232 g/mol. The number of hydrogen-bond acceptors (Lipinski definition) is 1. The molecule has 2 rings (SSSR count). The highest BCUT2D eigenvalue weighted by molar-refractivity contribution is 5.26. The Morgan fingerprint density at radius 2 is 1.71 bits per heavy atom. The van der Waals surface area contributed by atoms with Crippen LogP contribution in [0.3, 0.4) is 0 Å². The molecule has 0 N–H and O–H groups in total. The monoisotopic (exact) mass is 232 g/mol. The van der Waals surface area contributed by atoms with E-state index in [1.807, 2.05) is 0 Å². The third-order valence-electron chi connectivity index (χ3n) is 4.06. The molecular weight excluding hydrogens is 208 g/mol. The zero-order valence-corrected chi connectivity index (χ0v) is 11.2. The minimum atomic E-state index is 0.531. The van der Waals surface area contributed by atoms with Crippen LogP contribution in [0.4, 0.5) is 0 Å². The van der Waals surface area contributed by atoms with Gasteiger partial charge in [-0.15, -0.1) is 0 Å². The topological polar surface area (TPSA) is 9.23 Å². The zero-order valence-electron chi connectivity index (χ0n) is 11.2. The van der Waals surface area contributed by atoms with E-state index < -0.39 is 0 Å². The minimum absolute atomic E-state index is 0.531. The van der Waals surface area contributed by atoms with Gasteiger partial charge in [0.05, 0.1) is 6.61 Å². The molecule has 0 aliphatic heterocycles. The van der Waals surface area contributed by atoms with E-state index in [-0.39, 0.29) is 0 Å². The van der Waals surface area contributed by atoms with Crippen molar-refractivity contribution in [1.29, 1.82) is 0 Å². The smallest absolute Gasteiger partial charge is 0.119 e. The van der Waals surface area contributed by atoms with E-state index in [0.717, 1.165) is 12.4 Å². The molecule has 0 atom stereocenters. The van der Waals surface area contributed by atoms with Crippen LogP contribution in [0.1, 0.15) is 51.0 Å². The normalized spacial score (nSPS) is 18.9. The van der Waals surface area contributed by atoms with Gasteiger partial charge in [-0.1, -0.05) is 43.9 Å². The first kappa shape index (κ1) is 12.5. The summed E-state index contributed by atoms with van der Waals surface area (Å²) < 4.78 is 5.83. The molecule has 0 unspecified atom stereocenters. The predicted molar refractivity (Wildman–Crippen MR) is 72.5 cm³/mol. The molecule has 1 saturated carbocycles. The number of hydrogen-bond donors (Lipinski definition) is 0. The first-order chi connectivity index (χ1) is 8.18. The van der Waals surface area contributed by atoms with E-state index in [9.17, 15) is 0 Å². The van der Waals surface area contributed by atoms with Gasteiger partial charge < -0.3 is 4.74 Å². The molecule has 94 valence electrons. The zero-order chi connectivity index (χ0) is 12.1. The molecule has 17 heavy (non-hydrogen) atoms. The molecule has 0 saturated heterocycles.